The molecule has 0 aliphatic heterocycles. The number of furan rings is 1. The number of methoxy groups -OCH3 is 1. The first kappa shape index (κ1) is 18.4. The smallest absolute Gasteiger partial charge is 0.341 e. The monoisotopic (exact) mass is 335 g/mol. The predicted molar refractivity (Wildman–Crippen MR) is 94.2 cm³/mol. The molecule has 2 rings (SSSR count). The van der Waals surface area contributed by atoms with Crippen molar-refractivity contribution in [1.82, 2.24) is 10.6 Å². The fraction of sp³-hybridized carbons (Fsp3) is 0.667. The number of ether oxygens (including phenoxy) is 1. The summed E-state index contributed by atoms with van der Waals surface area (Å²) in [7, 11) is 1.37. The maximum Gasteiger partial charge on any atom is 0.341 e. The number of hydrogen-bond donors (Lipinski definition) is 2. The van der Waals surface area contributed by atoms with E-state index in [0.29, 0.717) is 29.7 Å². The van der Waals surface area contributed by atoms with E-state index in [0.717, 1.165) is 18.4 Å². The van der Waals surface area contributed by atoms with E-state index in [-0.39, 0.29) is 5.97 Å². The maximum absolute atomic E-state index is 11.6. The number of hydrogen-bond acceptors (Lipinski definition) is 4. The van der Waals surface area contributed by atoms with Gasteiger partial charge in [-0.3, -0.25) is 0 Å². The molecule has 134 valence electrons. The van der Waals surface area contributed by atoms with E-state index in [2.05, 4.69) is 22.5 Å². The fourth-order valence-corrected chi connectivity index (χ4v) is 3.01. The molecule has 1 fully saturated rings. The Morgan fingerprint density at radius 1 is 1.38 bits per heavy atom. The van der Waals surface area contributed by atoms with Gasteiger partial charge in [0.1, 0.15) is 23.6 Å². The number of nitrogens with zero attached hydrogens (tertiary/aromatic N) is 1. The molecule has 1 saturated carbocycles. The molecule has 0 atom stereocenters. The van der Waals surface area contributed by atoms with Gasteiger partial charge >= 0.3 is 5.97 Å². The highest BCUT2D eigenvalue weighted by atomic mass is 16.5. The van der Waals surface area contributed by atoms with Crippen LogP contribution in [0.25, 0.3) is 0 Å². The molecule has 0 unspecified atom stereocenters. The van der Waals surface area contributed by atoms with E-state index < -0.39 is 0 Å². The second-order valence-corrected chi connectivity index (χ2v) is 6.47. The molecule has 0 bridgehead atoms. The van der Waals surface area contributed by atoms with Crippen molar-refractivity contribution in [1.29, 1.82) is 0 Å². The van der Waals surface area contributed by atoms with Crippen LogP contribution < -0.4 is 10.6 Å². The molecule has 24 heavy (non-hydrogen) atoms. The average Bonchev–Trinajstić information content (AvgIpc) is 2.95. The Labute approximate surface area is 144 Å². The van der Waals surface area contributed by atoms with Gasteiger partial charge in [-0.1, -0.05) is 6.92 Å². The first-order chi connectivity index (χ1) is 11.5. The lowest BCUT2D eigenvalue weighted by Gasteiger charge is -2.28. The highest BCUT2D eigenvalue weighted by molar-refractivity contribution is 5.90. The Hall–Kier alpha value is -1.98. The Morgan fingerprint density at radius 3 is 2.71 bits per heavy atom. The van der Waals surface area contributed by atoms with E-state index >= 15 is 0 Å². The van der Waals surface area contributed by atoms with Crippen molar-refractivity contribution >= 4 is 11.9 Å². The van der Waals surface area contributed by atoms with Gasteiger partial charge in [0.05, 0.1) is 7.11 Å². The molecular weight excluding hydrogens is 306 g/mol. The Kier molecular flexibility index (Phi) is 6.70. The van der Waals surface area contributed by atoms with Crippen molar-refractivity contribution in [3.05, 3.63) is 23.2 Å². The summed E-state index contributed by atoms with van der Waals surface area (Å²) in [5.74, 6) is 2.46. The van der Waals surface area contributed by atoms with Crippen LogP contribution in [0.15, 0.2) is 15.5 Å². The standard InChI is InChI=1S/C18H29N3O3/c1-5-19-18(21-14-8-6-12(2)7-9-14)20-11-15-10-16(13(3)24-15)17(22)23-4/h10,12,14H,5-9,11H2,1-4H3,(H2,19,20,21). The number of carbonyl (C=O) groups is 1. The number of carbonyl (C=O) groups excluding carboxylic acids is 1. The van der Waals surface area contributed by atoms with E-state index in [9.17, 15) is 4.79 Å². The minimum Gasteiger partial charge on any atom is -0.465 e. The summed E-state index contributed by atoms with van der Waals surface area (Å²) in [5, 5.41) is 6.78. The van der Waals surface area contributed by atoms with Gasteiger partial charge in [0, 0.05) is 12.6 Å². The molecule has 2 N–H and O–H groups in total. The summed E-state index contributed by atoms with van der Waals surface area (Å²) in [6.07, 6.45) is 4.88. The molecule has 6 heteroatoms. The highest BCUT2D eigenvalue weighted by Crippen LogP contribution is 2.23. The quantitative estimate of drug-likeness (QED) is 0.491. The molecule has 0 amide bonds. The largest absolute Gasteiger partial charge is 0.465 e. The Bertz CT molecular complexity index is 572. The van der Waals surface area contributed by atoms with Crippen LogP contribution in [0.1, 0.15) is 61.4 Å². The molecule has 1 heterocycles. The van der Waals surface area contributed by atoms with Gasteiger partial charge in [-0.2, -0.15) is 0 Å². The molecule has 1 aromatic heterocycles. The van der Waals surface area contributed by atoms with E-state index in [1.807, 2.05) is 6.92 Å². The van der Waals surface area contributed by atoms with Crippen LogP contribution in [-0.4, -0.2) is 31.6 Å². The lowest BCUT2D eigenvalue weighted by atomic mass is 9.87. The number of aryl methyl sites for hydroxylation is 1. The van der Waals surface area contributed by atoms with Crippen molar-refractivity contribution in [3.63, 3.8) is 0 Å². The third-order valence-corrected chi connectivity index (χ3v) is 4.47. The summed E-state index contributed by atoms with van der Waals surface area (Å²) < 4.78 is 10.4. The van der Waals surface area contributed by atoms with Gasteiger partial charge < -0.3 is 19.8 Å². The summed E-state index contributed by atoms with van der Waals surface area (Å²) >= 11 is 0. The number of nitrogens with one attached hydrogen (secondary N) is 2. The zero-order valence-corrected chi connectivity index (χ0v) is 15.1. The maximum atomic E-state index is 11.6. The summed E-state index contributed by atoms with van der Waals surface area (Å²) in [6, 6.07) is 2.18. The van der Waals surface area contributed by atoms with Crippen molar-refractivity contribution in [3.8, 4) is 0 Å². The Balaban J connectivity index is 1.99. The minimum absolute atomic E-state index is 0.382. The van der Waals surface area contributed by atoms with Crippen LogP contribution in [0.3, 0.4) is 0 Å². The SMILES string of the molecule is CCNC(=NCc1cc(C(=O)OC)c(C)o1)NC1CCC(C)CC1. The van der Waals surface area contributed by atoms with Crippen LogP contribution in [0.5, 0.6) is 0 Å². The van der Waals surface area contributed by atoms with E-state index in [1.54, 1.807) is 13.0 Å². The topological polar surface area (TPSA) is 75.9 Å². The second kappa shape index (κ2) is 8.76. The predicted octanol–water partition coefficient (Wildman–Crippen LogP) is 3.01. The van der Waals surface area contributed by atoms with Gasteiger partial charge in [0.15, 0.2) is 5.96 Å². The van der Waals surface area contributed by atoms with E-state index in [4.69, 9.17) is 9.15 Å². The lowest BCUT2D eigenvalue weighted by Crippen LogP contribution is -2.44. The van der Waals surface area contributed by atoms with Crippen LogP contribution in [0.2, 0.25) is 0 Å². The van der Waals surface area contributed by atoms with Gasteiger partial charge in [0.25, 0.3) is 0 Å². The van der Waals surface area contributed by atoms with Crippen LogP contribution in [0, 0.1) is 12.8 Å². The number of rotatable bonds is 5. The Morgan fingerprint density at radius 2 is 2.08 bits per heavy atom. The average molecular weight is 335 g/mol. The molecule has 0 spiro atoms. The van der Waals surface area contributed by atoms with Crippen LogP contribution >= 0.6 is 0 Å². The second-order valence-electron chi connectivity index (χ2n) is 6.47. The molecule has 1 aromatic rings. The third-order valence-electron chi connectivity index (χ3n) is 4.47. The number of guanidine groups is 1. The van der Waals surface area contributed by atoms with Gasteiger partial charge in [-0.05, 0) is 51.5 Å². The highest BCUT2D eigenvalue weighted by Gasteiger charge is 2.19. The molecule has 0 saturated heterocycles. The van der Waals surface area contributed by atoms with E-state index in [1.165, 1.54) is 32.8 Å². The summed E-state index contributed by atoms with van der Waals surface area (Å²) in [4.78, 5) is 16.2. The number of aliphatic imine (C=N–C) groups is 1. The lowest BCUT2D eigenvalue weighted by molar-refractivity contribution is 0.0599. The molecule has 6 nitrogen and oxygen atoms in total. The molecular formula is C18H29N3O3. The zero-order chi connectivity index (χ0) is 17.5. The number of esters is 1. The first-order valence-corrected chi connectivity index (χ1v) is 8.76. The molecule has 1 aliphatic rings. The normalized spacial score (nSPS) is 21.4. The zero-order valence-electron chi connectivity index (χ0n) is 15.1. The van der Waals surface area contributed by atoms with Gasteiger partial charge in [-0.25, -0.2) is 9.79 Å². The van der Waals surface area contributed by atoms with Gasteiger partial charge in [0.2, 0.25) is 0 Å². The van der Waals surface area contributed by atoms with Crippen LogP contribution in [0.4, 0.5) is 0 Å². The first-order valence-electron chi connectivity index (χ1n) is 8.76. The summed E-state index contributed by atoms with van der Waals surface area (Å²) in [5.41, 5.74) is 0.460. The molecule has 0 radical (unpaired) electrons. The fourth-order valence-electron chi connectivity index (χ4n) is 3.01. The third kappa shape index (κ3) is 5.01. The van der Waals surface area contributed by atoms with Crippen molar-refractivity contribution < 1.29 is 13.9 Å². The van der Waals surface area contributed by atoms with Crippen molar-refractivity contribution in [2.75, 3.05) is 13.7 Å². The van der Waals surface area contributed by atoms with Crippen molar-refractivity contribution in [2.45, 2.75) is 59.0 Å². The molecule has 0 aromatic carbocycles. The molecule has 1 aliphatic carbocycles. The van der Waals surface area contributed by atoms with Gasteiger partial charge in [-0.15, -0.1) is 0 Å². The van der Waals surface area contributed by atoms with Crippen molar-refractivity contribution in [2.24, 2.45) is 10.9 Å². The van der Waals surface area contributed by atoms with Crippen LogP contribution in [-0.2, 0) is 11.3 Å². The summed E-state index contributed by atoms with van der Waals surface area (Å²) in [6.45, 7) is 7.31. The minimum atomic E-state index is -0.382.